The van der Waals surface area contributed by atoms with Crippen molar-refractivity contribution >= 4 is 38.8 Å². The number of sulfone groups is 1. The molecule has 1 aliphatic rings. The van der Waals surface area contributed by atoms with Crippen LogP contribution in [0, 0.1) is 0 Å². The molecule has 0 saturated heterocycles. The van der Waals surface area contributed by atoms with E-state index in [4.69, 9.17) is 0 Å². The zero-order valence-corrected chi connectivity index (χ0v) is 17.6. The molecule has 0 bridgehead atoms. The van der Waals surface area contributed by atoms with E-state index in [0.29, 0.717) is 18.0 Å². The van der Waals surface area contributed by atoms with Crippen LogP contribution in [0.25, 0.3) is 5.65 Å². The summed E-state index contributed by atoms with van der Waals surface area (Å²) in [7, 11) is -3.94. The first-order valence-corrected chi connectivity index (χ1v) is 11.0. The molecule has 9 nitrogen and oxygen atoms in total. The molecule has 4 rings (SSSR count). The van der Waals surface area contributed by atoms with Gasteiger partial charge in [0.05, 0.1) is 34.8 Å². The van der Waals surface area contributed by atoms with Crippen molar-refractivity contribution in [1.82, 2.24) is 14.4 Å². The summed E-state index contributed by atoms with van der Waals surface area (Å²) in [6, 6.07) is 3.66. The van der Waals surface area contributed by atoms with Gasteiger partial charge in [-0.1, -0.05) is 6.92 Å². The van der Waals surface area contributed by atoms with E-state index in [9.17, 15) is 31.2 Å². The fourth-order valence-corrected chi connectivity index (χ4v) is 4.54. The van der Waals surface area contributed by atoms with Gasteiger partial charge in [-0.2, -0.15) is 13.2 Å². The number of fused-ring (bicyclic) bond motifs is 2. The Balaban J connectivity index is 1.88. The lowest BCUT2D eigenvalue weighted by Gasteiger charge is -2.14. The van der Waals surface area contributed by atoms with Crippen molar-refractivity contribution in [2.45, 2.75) is 31.6 Å². The molecular formula is C19H16F3N5O4S. The van der Waals surface area contributed by atoms with Crippen LogP contribution < -0.4 is 10.2 Å². The molecule has 3 aromatic rings. The molecular weight excluding hydrogens is 451 g/mol. The Morgan fingerprint density at radius 3 is 2.62 bits per heavy atom. The minimum absolute atomic E-state index is 0.0823. The molecule has 0 aliphatic carbocycles. The van der Waals surface area contributed by atoms with Crippen LogP contribution in [0.5, 0.6) is 0 Å². The Kier molecular flexibility index (Phi) is 4.95. The second-order valence-electron chi connectivity index (χ2n) is 7.08. The van der Waals surface area contributed by atoms with Gasteiger partial charge in [-0.05, 0) is 18.2 Å². The van der Waals surface area contributed by atoms with Gasteiger partial charge in [0.1, 0.15) is 5.65 Å². The second kappa shape index (κ2) is 7.29. The summed E-state index contributed by atoms with van der Waals surface area (Å²) in [6.07, 6.45) is -2.71. The predicted molar refractivity (Wildman–Crippen MR) is 107 cm³/mol. The third-order valence-corrected chi connectivity index (χ3v) is 6.62. The molecule has 0 atom stereocenters. The van der Waals surface area contributed by atoms with Crippen molar-refractivity contribution in [2.24, 2.45) is 0 Å². The molecule has 0 saturated carbocycles. The largest absolute Gasteiger partial charge is 0.417 e. The fraction of sp³-hybridized carbons (Fsp3) is 0.263. The lowest BCUT2D eigenvalue weighted by atomic mass is 10.1. The van der Waals surface area contributed by atoms with Crippen molar-refractivity contribution in [3.05, 3.63) is 47.4 Å². The number of rotatable bonds is 4. The van der Waals surface area contributed by atoms with Gasteiger partial charge in [0.2, 0.25) is 5.91 Å². The minimum atomic E-state index is -4.68. The molecule has 0 radical (unpaired) electrons. The predicted octanol–water partition coefficient (Wildman–Crippen LogP) is 2.66. The average molecular weight is 467 g/mol. The van der Waals surface area contributed by atoms with E-state index in [2.05, 4.69) is 15.3 Å². The van der Waals surface area contributed by atoms with Crippen LogP contribution in [0.4, 0.5) is 24.7 Å². The number of aromatic nitrogens is 3. The Morgan fingerprint density at radius 1 is 1.28 bits per heavy atom. The normalized spacial score (nSPS) is 14.2. The third-order valence-electron chi connectivity index (χ3n) is 4.89. The maximum atomic E-state index is 13.0. The van der Waals surface area contributed by atoms with E-state index in [1.807, 2.05) is 0 Å². The number of nitrogens with zero attached hydrogens (tertiary/aromatic N) is 4. The SMILES string of the molecule is CCS(=O)(=O)c1c(N2Cc3ncc(C(F)(F)F)cc3C2=O)nc2ccc(NC(C)=O)cn12. The highest BCUT2D eigenvalue weighted by atomic mass is 32.2. The molecule has 0 spiro atoms. The topological polar surface area (TPSA) is 114 Å². The molecule has 1 aliphatic heterocycles. The van der Waals surface area contributed by atoms with Crippen LogP contribution in [0.2, 0.25) is 0 Å². The van der Waals surface area contributed by atoms with Crippen LogP contribution >= 0.6 is 0 Å². The van der Waals surface area contributed by atoms with Crippen molar-refractivity contribution in [1.29, 1.82) is 0 Å². The van der Waals surface area contributed by atoms with Gasteiger partial charge in [-0.25, -0.2) is 13.4 Å². The van der Waals surface area contributed by atoms with E-state index < -0.39 is 27.5 Å². The zero-order valence-electron chi connectivity index (χ0n) is 16.8. The summed E-state index contributed by atoms with van der Waals surface area (Å²) >= 11 is 0. The first-order chi connectivity index (χ1) is 14.9. The first kappa shape index (κ1) is 21.7. The maximum Gasteiger partial charge on any atom is 0.417 e. The molecule has 0 aromatic carbocycles. The van der Waals surface area contributed by atoms with E-state index in [1.54, 1.807) is 0 Å². The minimum Gasteiger partial charge on any atom is -0.325 e. The van der Waals surface area contributed by atoms with Crippen LogP contribution in [0.3, 0.4) is 0 Å². The Morgan fingerprint density at radius 2 is 2.00 bits per heavy atom. The maximum absolute atomic E-state index is 13.0. The highest BCUT2D eigenvalue weighted by Crippen LogP contribution is 2.36. The molecule has 13 heteroatoms. The van der Waals surface area contributed by atoms with Gasteiger partial charge >= 0.3 is 6.18 Å². The van der Waals surface area contributed by atoms with Crippen molar-refractivity contribution < 1.29 is 31.2 Å². The number of carbonyl (C=O) groups is 2. The van der Waals surface area contributed by atoms with Crippen molar-refractivity contribution in [3.8, 4) is 0 Å². The smallest absolute Gasteiger partial charge is 0.325 e. The molecule has 32 heavy (non-hydrogen) atoms. The van der Waals surface area contributed by atoms with Crippen LogP contribution in [0.15, 0.2) is 35.6 Å². The van der Waals surface area contributed by atoms with E-state index >= 15 is 0 Å². The molecule has 2 amide bonds. The lowest BCUT2D eigenvalue weighted by molar-refractivity contribution is -0.137. The molecule has 3 aromatic heterocycles. The summed E-state index contributed by atoms with van der Waals surface area (Å²) in [6.45, 7) is 2.46. The Labute approximate surface area is 179 Å². The highest BCUT2D eigenvalue weighted by molar-refractivity contribution is 7.91. The number of nitrogens with one attached hydrogen (secondary N) is 1. The van der Waals surface area contributed by atoms with Crippen molar-refractivity contribution in [3.63, 3.8) is 0 Å². The zero-order chi connectivity index (χ0) is 23.4. The van der Waals surface area contributed by atoms with Crippen molar-refractivity contribution in [2.75, 3.05) is 16.0 Å². The number of anilines is 2. The van der Waals surface area contributed by atoms with Crippen LogP contribution in [0.1, 0.15) is 35.5 Å². The number of amides is 2. The van der Waals surface area contributed by atoms with Gasteiger partial charge in [0.15, 0.2) is 20.7 Å². The summed E-state index contributed by atoms with van der Waals surface area (Å²) in [4.78, 5) is 33.3. The number of pyridine rings is 2. The molecule has 0 fully saturated rings. The van der Waals surface area contributed by atoms with E-state index in [1.165, 1.54) is 36.6 Å². The number of hydrogen-bond donors (Lipinski definition) is 1. The first-order valence-electron chi connectivity index (χ1n) is 9.33. The highest BCUT2D eigenvalue weighted by Gasteiger charge is 2.39. The summed E-state index contributed by atoms with van der Waals surface area (Å²) in [5.74, 6) is -1.75. The van der Waals surface area contributed by atoms with Gasteiger partial charge < -0.3 is 5.32 Å². The fourth-order valence-electron chi connectivity index (χ4n) is 3.39. The molecule has 1 N–H and O–H groups in total. The monoisotopic (exact) mass is 467 g/mol. The molecule has 168 valence electrons. The van der Waals surface area contributed by atoms with Gasteiger partial charge in [0, 0.05) is 19.3 Å². The van der Waals surface area contributed by atoms with Gasteiger partial charge in [0.25, 0.3) is 5.91 Å². The average Bonchev–Trinajstić information content (AvgIpc) is 3.24. The second-order valence-corrected chi connectivity index (χ2v) is 9.27. The third kappa shape index (κ3) is 3.57. The van der Waals surface area contributed by atoms with Crippen LogP contribution in [-0.2, 0) is 27.4 Å². The molecule has 0 unspecified atom stereocenters. The summed E-state index contributed by atoms with van der Waals surface area (Å²) < 4.78 is 66.2. The Hall–Kier alpha value is -3.48. The lowest BCUT2D eigenvalue weighted by Crippen LogP contribution is -2.26. The number of alkyl halides is 3. The summed E-state index contributed by atoms with van der Waals surface area (Å²) in [5, 5.41) is 2.23. The van der Waals surface area contributed by atoms with Crippen LogP contribution in [-0.4, -0.2) is 40.4 Å². The summed E-state index contributed by atoms with van der Waals surface area (Å²) in [5.41, 5.74) is -0.792. The van der Waals surface area contributed by atoms with Gasteiger partial charge in [-0.3, -0.25) is 23.9 Å². The number of halogens is 3. The quantitative estimate of drug-likeness (QED) is 0.631. The number of hydrogen-bond acceptors (Lipinski definition) is 6. The number of carbonyl (C=O) groups excluding carboxylic acids is 2. The van der Waals surface area contributed by atoms with E-state index in [0.717, 1.165) is 4.90 Å². The molecule has 4 heterocycles. The van der Waals surface area contributed by atoms with E-state index in [-0.39, 0.29) is 46.0 Å². The number of imidazole rings is 1. The standard InChI is InChI=1S/C19H16F3N5O4S/c1-3-32(30,31)18-16(25-15-5-4-12(8-26(15)18)24-10(2)28)27-9-14-13(17(27)29)6-11(7-23-14)19(20,21)22/h4-8H,3,9H2,1-2H3,(H,24,28). The Bertz CT molecular complexity index is 1380. The van der Waals surface area contributed by atoms with Gasteiger partial charge in [-0.15, -0.1) is 0 Å².